The Bertz CT molecular complexity index is 422. The summed E-state index contributed by atoms with van der Waals surface area (Å²) in [5, 5.41) is 7.67. The van der Waals surface area contributed by atoms with E-state index in [9.17, 15) is 4.39 Å². The lowest BCUT2D eigenvalue weighted by atomic mass is 10.2. The van der Waals surface area contributed by atoms with Crippen LogP contribution in [0.1, 0.15) is 12.8 Å². The average molecular weight is 192 g/mol. The summed E-state index contributed by atoms with van der Waals surface area (Å²) in [6, 6.07) is 5.96. The van der Waals surface area contributed by atoms with E-state index in [1.54, 1.807) is 12.1 Å². The van der Waals surface area contributed by atoms with Crippen LogP contribution in [0.5, 0.6) is 0 Å². The molecule has 0 aliphatic rings. The molecule has 2 aromatic rings. The second-order valence-corrected chi connectivity index (χ2v) is 2.86. The zero-order valence-corrected chi connectivity index (χ0v) is 7.70. The van der Waals surface area contributed by atoms with Gasteiger partial charge in [-0.1, -0.05) is 6.92 Å². The molecule has 0 amide bonds. The highest BCUT2D eigenvalue weighted by atomic mass is 19.1. The first kappa shape index (κ1) is 8.87. The molecule has 1 heterocycles. The van der Waals surface area contributed by atoms with Gasteiger partial charge in [0.05, 0.1) is 0 Å². The maximum Gasteiger partial charge on any atom is 0.247 e. The number of hydrogen-bond donors (Lipinski definition) is 0. The normalized spacial score (nSPS) is 10.4. The van der Waals surface area contributed by atoms with E-state index in [1.165, 1.54) is 12.1 Å². The minimum absolute atomic E-state index is 0.274. The molecule has 1 aromatic carbocycles. The molecular weight excluding hydrogens is 183 g/mol. The third-order valence-corrected chi connectivity index (χ3v) is 1.86. The zero-order chi connectivity index (χ0) is 9.97. The number of hydrogen-bond acceptors (Lipinski definition) is 3. The molecule has 0 radical (unpaired) electrons. The minimum atomic E-state index is -0.274. The number of benzene rings is 1. The molecule has 72 valence electrons. The standard InChI is InChI=1S/C10H9FN2O/c1-2-9-12-13-10(14-9)7-3-5-8(11)6-4-7/h3-6H,2H2,1H3. The van der Waals surface area contributed by atoms with Gasteiger partial charge in [0.15, 0.2) is 0 Å². The Morgan fingerprint density at radius 1 is 1.21 bits per heavy atom. The highest BCUT2D eigenvalue weighted by Gasteiger charge is 2.06. The van der Waals surface area contributed by atoms with Gasteiger partial charge in [-0.15, -0.1) is 10.2 Å². The lowest BCUT2D eigenvalue weighted by Crippen LogP contribution is -1.78. The average Bonchev–Trinajstić information content (AvgIpc) is 2.67. The van der Waals surface area contributed by atoms with Crippen LogP contribution in [0.25, 0.3) is 11.5 Å². The summed E-state index contributed by atoms with van der Waals surface area (Å²) in [5.74, 6) is 0.746. The van der Waals surface area contributed by atoms with E-state index in [0.717, 1.165) is 5.56 Å². The summed E-state index contributed by atoms with van der Waals surface area (Å²) in [6.45, 7) is 1.93. The van der Waals surface area contributed by atoms with Gasteiger partial charge in [0, 0.05) is 12.0 Å². The van der Waals surface area contributed by atoms with Crippen molar-refractivity contribution in [2.24, 2.45) is 0 Å². The van der Waals surface area contributed by atoms with Gasteiger partial charge in [0.2, 0.25) is 11.8 Å². The topological polar surface area (TPSA) is 38.9 Å². The second-order valence-electron chi connectivity index (χ2n) is 2.86. The van der Waals surface area contributed by atoms with Gasteiger partial charge < -0.3 is 4.42 Å². The SMILES string of the molecule is CCc1nnc(-c2ccc(F)cc2)o1. The molecule has 0 aliphatic carbocycles. The maximum atomic E-state index is 12.6. The van der Waals surface area contributed by atoms with E-state index in [4.69, 9.17) is 4.42 Å². The minimum Gasteiger partial charge on any atom is -0.421 e. The highest BCUT2D eigenvalue weighted by Crippen LogP contribution is 2.17. The molecule has 0 N–H and O–H groups in total. The molecule has 4 heteroatoms. The molecule has 0 saturated carbocycles. The summed E-state index contributed by atoms with van der Waals surface area (Å²) in [4.78, 5) is 0. The third kappa shape index (κ3) is 1.64. The summed E-state index contributed by atoms with van der Waals surface area (Å²) in [5.41, 5.74) is 0.735. The molecule has 0 fully saturated rings. The quantitative estimate of drug-likeness (QED) is 0.733. The lowest BCUT2D eigenvalue weighted by molar-refractivity contribution is 0.512. The number of aromatic nitrogens is 2. The zero-order valence-electron chi connectivity index (χ0n) is 7.70. The van der Waals surface area contributed by atoms with Crippen LogP contribution in [0.4, 0.5) is 4.39 Å². The first-order valence-corrected chi connectivity index (χ1v) is 4.38. The molecule has 0 saturated heterocycles. The van der Waals surface area contributed by atoms with Gasteiger partial charge in [-0.05, 0) is 24.3 Å². The predicted octanol–water partition coefficient (Wildman–Crippen LogP) is 2.44. The molecule has 0 aliphatic heterocycles. The van der Waals surface area contributed by atoms with Crippen LogP contribution < -0.4 is 0 Å². The Balaban J connectivity index is 2.34. The first-order chi connectivity index (χ1) is 6.79. The summed E-state index contributed by atoms with van der Waals surface area (Å²) in [7, 11) is 0. The predicted molar refractivity (Wildman–Crippen MR) is 49.1 cm³/mol. The number of aryl methyl sites for hydroxylation is 1. The maximum absolute atomic E-state index is 12.6. The summed E-state index contributed by atoms with van der Waals surface area (Å²) < 4.78 is 17.9. The van der Waals surface area contributed by atoms with Crippen LogP contribution in [0.15, 0.2) is 28.7 Å². The second kappa shape index (κ2) is 3.57. The summed E-state index contributed by atoms with van der Waals surface area (Å²) in [6.07, 6.45) is 0.703. The Kier molecular flexibility index (Phi) is 2.26. The monoisotopic (exact) mass is 192 g/mol. The Morgan fingerprint density at radius 2 is 1.93 bits per heavy atom. The Hall–Kier alpha value is -1.71. The molecule has 14 heavy (non-hydrogen) atoms. The van der Waals surface area contributed by atoms with E-state index in [1.807, 2.05) is 6.92 Å². The molecular formula is C10H9FN2O. The number of halogens is 1. The molecule has 0 spiro atoms. The van der Waals surface area contributed by atoms with Crippen molar-refractivity contribution < 1.29 is 8.81 Å². The van der Waals surface area contributed by atoms with E-state index >= 15 is 0 Å². The smallest absolute Gasteiger partial charge is 0.247 e. The van der Waals surface area contributed by atoms with Gasteiger partial charge in [0.25, 0.3) is 0 Å². The summed E-state index contributed by atoms with van der Waals surface area (Å²) >= 11 is 0. The van der Waals surface area contributed by atoms with Crippen molar-refractivity contribution in [2.75, 3.05) is 0 Å². The lowest BCUT2D eigenvalue weighted by Gasteiger charge is -1.92. The third-order valence-electron chi connectivity index (χ3n) is 1.86. The van der Waals surface area contributed by atoms with Crippen molar-refractivity contribution in [1.29, 1.82) is 0 Å². The molecule has 2 rings (SSSR count). The van der Waals surface area contributed by atoms with Crippen LogP contribution in [-0.4, -0.2) is 10.2 Å². The van der Waals surface area contributed by atoms with Crippen LogP contribution in [0, 0.1) is 5.82 Å². The van der Waals surface area contributed by atoms with Gasteiger partial charge in [0.1, 0.15) is 5.82 Å². The highest BCUT2D eigenvalue weighted by molar-refractivity contribution is 5.51. The molecule has 1 aromatic heterocycles. The van der Waals surface area contributed by atoms with Crippen molar-refractivity contribution in [3.05, 3.63) is 36.0 Å². The molecule has 0 unspecified atom stereocenters. The van der Waals surface area contributed by atoms with Crippen molar-refractivity contribution in [2.45, 2.75) is 13.3 Å². The molecule has 0 bridgehead atoms. The van der Waals surface area contributed by atoms with E-state index in [2.05, 4.69) is 10.2 Å². The van der Waals surface area contributed by atoms with Crippen LogP contribution >= 0.6 is 0 Å². The van der Waals surface area contributed by atoms with E-state index in [0.29, 0.717) is 18.2 Å². The fourth-order valence-electron chi connectivity index (χ4n) is 1.11. The Labute approximate surface area is 80.6 Å². The van der Waals surface area contributed by atoms with Crippen molar-refractivity contribution in [1.82, 2.24) is 10.2 Å². The van der Waals surface area contributed by atoms with E-state index < -0.39 is 0 Å². The van der Waals surface area contributed by atoms with Gasteiger partial charge in [-0.25, -0.2) is 4.39 Å². The molecule has 0 atom stereocenters. The van der Waals surface area contributed by atoms with Gasteiger partial charge in [-0.3, -0.25) is 0 Å². The largest absolute Gasteiger partial charge is 0.421 e. The number of rotatable bonds is 2. The van der Waals surface area contributed by atoms with Crippen LogP contribution in [0.3, 0.4) is 0 Å². The van der Waals surface area contributed by atoms with Crippen molar-refractivity contribution >= 4 is 0 Å². The molecule has 3 nitrogen and oxygen atoms in total. The van der Waals surface area contributed by atoms with Crippen LogP contribution in [0.2, 0.25) is 0 Å². The first-order valence-electron chi connectivity index (χ1n) is 4.38. The number of nitrogens with zero attached hydrogens (tertiary/aromatic N) is 2. The van der Waals surface area contributed by atoms with E-state index in [-0.39, 0.29) is 5.82 Å². The van der Waals surface area contributed by atoms with Gasteiger partial charge >= 0.3 is 0 Å². The van der Waals surface area contributed by atoms with Crippen molar-refractivity contribution in [3.8, 4) is 11.5 Å². The Morgan fingerprint density at radius 3 is 2.50 bits per heavy atom. The van der Waals surface area contributed by atoms with Gasteiger partial charge in [-0.2, -0.15) is 0 Å². The fourth-order valence-corrected chi connectivity index (χ4v) is 1.11. The fraction of sp³-hybridized carbons (Fsp3) is 0.200. The van der Waals surface area contributed by atoms with Crippen molar-refractivity contribution in [3.63, 3.8) is 0 Å². The van der Waals surface area contributed by atoms with Crippen LogP contribution in [-0.2, 0) is 6.42 Å².